The fraction of sp³-hybridized carbons (Fsp3) is 0.667. The number of hydrogen-bond donors (Lipinski definition) is 1. The molecule has 0 saturated carbocycles. The van der Waals surface area contributed by atoms with E-state index in [0.717, 1.165) is 13.0 Å². The quantitative estimate of drug-likeness (QED) is 0.750. The van der Waals surface area contributed by atoms with Crippen LogP contribution in [0.25, 0.3) is 0 Å². The molecule has 1 aromatic carbocycles. The number of nitrogens with one attached hydrogen (secondary N) is 1. The molecule has 0 heterocycles. The fourth-order valence-corrected chi connectivity index (χ4v) is 2.24. The monoisotopic (exact) mass is 293 g/mol. The van der Waals surface area contributed by atoms with E-state index in [1.165, 1.54) is 11.1 Å². The van der Waals surface area contributed by atoms with Crippen LogP contribution >= 0.6 is 0 Å². The average Bonchev–Trinajstić information content (AvgIpc) is 2.45. The van der Waals surface area contributed by atoms with Crippen LogP contribution in [-0.2, 0) is 9.47 Å². The highest BCUT2D eigenvalue weighted by Crippen LogP contribution is 2.21. The second-order valence-corrected chi connectivity index (χ2v) is 6.24. The lowest BCUT2D eigenvalue weighted by Crippen LogP contribution is -2.33. The van der Waals surface area contributed by atoms with E-state index in [4.69, 9.17) is 9.47 Å². The van der Waals surface area contributed by atoms with Crippen molar-refractivity contribution in [3.63, 3.8) is 0 Å². The molecule has 0 aliphatic rings. The van der Waals surface area contributed by atoms with Crippen LogP contribution in [0.5, 0.6) is 0 Å². The van der Waals surface area contributed by atoms with E-state index in [0.29, 0.717) is 6.61 Å². The molecule has 0 saturated heterocycles. The Morgan fingerprint density at radius 1 is 1.19 bits per heavy atom. The van der Waals surface area contributed by atoms with Crippen molar-refractivity contribution in [1.29, 1.82) is 0 Å². The number of benzene rings is 1. The summed E-state index contributed by atoms with van der Waals surface area (Å²) in [7, 11) is 1.75. The molecule has 0 radical (unpaired) electrons. The van der Waals surface area contributed by atoms with Crippen LogP contribution in [0.1, 0.15) is 51.3 Å². The maximum atomic E-state index is 6.04. The zero-order chi connectivity index (χ0) is 15.9. The van der Waals surface area contributed by atoms with Crippen molar-refractivity contribution in [3.05, 3.63) is 35.4 Å². The van der Waals surface area contributed by atoms with E-state index in [1.807, 2.05) is 0 Å². The van der Waals surface area contributed by atoms with Crippen LogP contribution in [0, 0.1) is 6.92 Å². The first-order valence-electron chi connectivity index (χ1n) is 7.86. The van der Waals surface area contributed by atoms with E-state index >= 15 is 0 Å². The molecule has 3 heteroatoms. The summed E-state index contributed by atoms with van der Waals surface area (Å²) in [6, 6.07) is 8.89. The zero-order valence-electron chi connectivity index (χ0n) is 14.4. The second-order valence-electron chi connectivity index (χ2n) is 6.24. The smallest absolute Gasteiger partial charge is 0.0741 e. The Morgan fingerprint density at radius 3 is 2.33 bits per heavy atom. The fourth-order valence-electron chi connectivity index (χ4n) is 2.24. The summed E-state index contributed by atoms with van der Waals surface area (Å²) in [5.41, 5.74) is 2.43. The van der Waals surface area contributed by atoms with Crippen LogP contribution in [-0.4, -0.2) is 32.0 Å². The third-order valence-electron chi connectivity index (χ3n) is 3.97. The minimum absolute atomic E-state index is 0.125. The van der Waals surface area contributed by atoms with Gasteiger partial charge < -0.3 is 14.8 Å². The lowest BCUT2D eigenvalue weighted by Gasteiger charge is -2.28. The molecule has 1 aromatic rings. The van der Waals surface area contributed by atoms with Crippen LogP contribution in [0.4, 0.5) is 0 Å². The molecule has 0 spiro atoms. The van der Waals surface area contributed by atoms with Gasteiger partial charge in [0.2, 0.25) is 0 Å². The van der Waals surface area contributed by atoms with Crippen LogP contribution in [0.15, 0.2) is 24.3 Å². The normalized spacial score (nSPS) is 15.0. The Kier molecular flexibility index (Phi) is 7.36. The van der Waals surface area contributed by atoms with Crippen LogP contribution < -0.4 is 5.32 Å². The Bertz CT molecular complexity index is 400. The van der Waals surface area contributed by atoms with E-state index < -0.39 is 0 Å². The molecule has 3 nitrogen and oxygen atoms in total. The Labute approximate surface area is 130 Å². The van der Waals surface area contributed by atoms with Gasteiger partial charge in [-0.15, -0.1) is 0 Å². The molecule has 21 heavy (non-hydrogen) atoms. The summed E-state index contributed by atoms with van der Waals surface area (Å²) in [6.45, 7) is 12.2. The van der Waals surface area contributed by atoms with Gasteiger partial charge in [-0.2, -0.15) is 0 Å². The molecule has 2 atom stereocenters. The zero-order valence-corrected chi connectivity index (χ0v) is 14.4. The topological polar surface area (TPSA) is 30.5 Å². The van der Waals surface area contributed by atoms with Gasteiger partial charge in [0.1, 0.15) is 0 Å². The van der Waals surface area contributed by atoms with Crippen LogP contribution in [0.3, 0.4) is 0 Å². The number of methoxy groups -OCH3 is 1. The average molecular weight is 293 g/mol. The molecular weight excluding hydrogens is 262 g/mol. The molecule has 0 aromatic heterocycles. The molecule has 1 rings (SSSR count). The minimum atomic E-state index is -0.128. The first-order chi connectivity index (χ1) is 9.89. The molecule has 0 aliphatic heterocycles. The summed E-state index contributed by atoms with van der Waals surface area (Å²) in [6.07, 6.45) is 1.01. The van der Waals surface area contributed by atoms with Gasteiger partial charge in [-0.25, -0.2) is 0 Å². The lowest BCUT2D eigenvalue weighted by molar-refractivity contribution is -0.0305. The third-order valence-corrected chi connectivity index (χ3v) is 3.97. The number of rotatable bonds is 9. The highest BCUT2D eigenvalue weighted by molar-refractivity contribution is 5.24. The number of aryl methyl sites for hydroxylation is 1. The third kappa shape index (κ3) is 6.16. The molecule has 1 N–H and O–H groups in total. The Hall–Kier alpha value is -0.900. The number of hydrogen-bond acceptors (Lipinski definition) is 3. The second kappa shape index (κ2) is 8.52. The largest absolute Gasteiger partial charge is 0.379 e. The minimum Gasteiger partial charge on any atom is -0.379 e. The summed E-state index contributed by atoms with van der Waals surface area (Å²) < 4.78 is 11.5. The summed E-state index contributed by atoms with van der Waals surface area (Å²) in [4.78, 5) is 0. The molecule has 120 valence electrons. The lowest BCUT2D eigenvalue weighted by atomic mass is 10.0. The molecule has 0 bridgehead atoms. The highest BCUT2D eigenvalue weighted by Gasteiger charge is 2.21. The molecule has 2 unspecified atom stereocenters. The van der Waals surface area contributed by atoms with Gasteiger partial charge in [0.25, 0.3) is 0 Å². The van der Waals surface area contributed by atoms with Crippen molar-refractivity contribution in [2.24, 2.45) is 0 Å². The number of ether oxygens (including phenoxy) is 2. The van der Waals surface area contributed by atoms with Gasteiger partial charge in [-0.3, -0.25) is 0 Å². The first kappa shape index (κ1) is 18.1. The molecule has 0 aliphatic carbocycles. The van der Waals surface area contributed by atoms with Crippen molar-refractivity contribution in [3.8, 4) is 0 Å². The standard InChI is InChI=1S/C18H31NO2/c1-7-19-17(16-10-8-14(2)9-11-16)15(3)21-13-12-18(4,5)20-6/h8-11,15,17,19H,7,12-13H2,1-6H3. The first-order valence-corrected chi connectivity index (χ1v) is 7.86. The molecule has 0 amide bonds. The Morgan fingerprint density at radius 2 is 1.81 bits per heavy atom. The maximum absolute atomic E-state index is 6.04. The van der Waals surface area contributed by atoms with Gasteiger partial charge in [0.05, 0.1) is 17.7 Å². The molecule has 0 fully saturated rings. The predicted octanol–water partition coefficient (Wildman–Crippen LogP) is 3.87. The summed E-state index contributed by atoms with van der Waals surface area (Å²) >= 11 is 0. The van der Waals surface area contributed by atoms with Gasteiger partial charge in [0, 0.05) is 13.7 Å². The maximum Gasteiger partial charge on any atom is 0.0741 e. The van der Waals surface area contributed by atoms with E-state index in [9.17, 15) is 0 Å². The Balaban J connectivity index is 2.61. The van der Waals surface area contributed by atoms with Crippen LogP contribution in [0.2, 0.25) is 0 Å². The van der Waals surface area contributed by atoms with Crippen molar-refractivity contribution in [2.75, 3.05) is 20.3 Å². The van der Waals surface area contributed by atoms with Gasteiger partial charge in [0.15, 0.2) is 0 Å². The van der Waals surface area contributed by atoms with Gasteiger partial charge >= 0.3 is 0 Å². The van der Waals surface area contributed by atoms with E-state index in [2.05, 4.69) is 64.2 Å². The van der Waals surface area contributed by atoms with E-state index in [1.54, 1.807) is 7.11 Å². The molecular formula is C18H31NO2. The number of likely N-dealkylation sites (N-methyl/N-ethyl adjacent to an activating group) is 1. The van der Waals surface area contributed by atoms with Crippen molar-refractivity contribution in [1.82, 2.24) is 5.32 Å². The SMILES string of the molecule is CCNC(c1ccc(C)cc1)C(C)OCCC(C)(C)OC. The van der Waals surface area contributed by atoms with E-state index in [-0.39, 0.29) is 17.7 Å². The summed E-state index contributed by atoms with van der Waals surface area (Å²) in [5, 5.41) is 3.52. The van der Waals surface area contributed by atoms with Crippen molar-refractivity contribution in [2.45, 2.75) is 58.8 Å². The summed E-state index contributed by atoms with van der Waals surface area (Å²) in [5.74, 6) is 0. The van der Waals surface area contributed by atoms with Crippen molar-refractivity contribution >= 4 is 0 Å². The van der Waals surface area contributed by atoms with Gasteiger partial charge in [-0.05, 0) is 46.2 Å². The van der Waals surface area contributed by atoms with Gasteiger partial charge in [-0.1, -0.05) is 36.8 Å². The van der Waals surface area contributed by atoms with Crippen molar-refractivity contribution < 1.29 is 9.47 Å². The predicted molar refractivity (Wildman–Crippen MR) is 88.7 cm³/mol. The highest BCUT2D eigenvalue weighted by atomic mass is 16.5.